The van der Waals surface area contributed by atoms with Gasteiger partial charge in [0.1, 0.15) is 0 Å². The molecule has 1 fully saturated rings. The molecule has 0 bridgehead atoms. The Bertz CT molecular complexity index is 148. The van der Waals surface area contributed by atoms with Gasteiger partial charge in [-0.2, -0.15) is 4.39 Å². The number of hydrogen-bond acceptors (Lipinski definition) is 3. The summed E-state index contributed by atoms with van der Waals surface area (Å²) in [4.78, 5) is 10.1. The first-order valence-corrected chi connectivity index (χ1v) is 3.06. The standard InChI is InChI=1S/C4H4F2O2S/c1-4(6)2(5)8-3(7)9-4/h2H,1H3. The Morgan fingerprint density at radius 3 is 2.56 bits per heavy atom. The third-order valence-corrected chi connectivity index (χ3v) is 1.74. The van der Waals surface area contributed by atoms with E-state index in [9.17, 15) is 13.6 Å². The van der Waals surface area contributed by atoms with Crippen molar-refractivity contribution < 1.29 is 18.3 Å². The van der Waals surface area contributed by atoms with Gasteiger partial charge in [0, 0.05) is 11.8 Å². The predicted molar refractivity (Wildman–Crippen MR) is 28.5 cm³/mol. The maximum absolute atomic E-state index is 12.5. The first-order chi connectivity index (χ1) is 4.02. The second kappa shape index (κ2) is 1.83. The van der Waals surface area contributed by atoms with Crippen molar-refractivity contribution in [2.75, 3.05) is 0 Å². The summed E-state index contributed by atoms with van der Waals surface area (Å²) in [6.07, 6.45) is -2.12. The Kier molecular flexibility index (Phi) is 1.38. The van der Waals surface area contributed by atoms with Crippen LogP contribution in [0.25, 0.3) is 0 Å². The van der Waals surface area contributed by atoms with E-state index >= 15 is 0 Å². The van der Waals surface area contributed by atoms with Crippen LogP contribution in [0.4, 0.5) is 13.6 Å². The summed E-state index contributed by atoms with van der Waals surface area (Å²) in [5, 5.41) is -3.09. The maximum Gasteiger partial charge on any atom is 0.373 e. The lowest BCUT2D eigenvalue weighted by Gasteiger charge is -2.08. The van der Waals surface area contributed by atoms with Crippen molar-refractivity contribution in [3.05, 3.63) is 0 Å². The number of halogens is 2. The molecule has 0 aromatic carbocycles. The summed E-state index contributed by atoms with van der Waals surface area (Å²) >= 11 is 0.228. The molecule has 0 aromatic heterocycles. The summed E-state index contributed by atoms with van der Waals surface area (Å²) in [5.41, 5.74) is 0. The number of carbonyl (C=O) groups is 1. The molecule has 9 heavy (non-hydrogen) atoms. The van der Waals surface area contributed by atoms with Gasteiger partial charge in [0.15, 0.2) is 0 Å². The number of alkyl halides is 2. The van der Waals surface area contributed by atoms with Crippen molar-refractivity contribution in [3.8, 4) is 0 Å². The second-order valence-corrected chi connectivity index (χ2v) is 3.11. The Morgan fingerprint density at radius 1 is 1.89 bits per heavy atom. The fourth-order valence-electron chi connectivity index (χ4n) is 0.423. The Labute approximate surface area is 54.6 Å². The fraction of sp³-hybridized carbons (Fsp3) is 0.750. The lowest BCUT2D eigenvalue weighted by atomic mass is 10.4. The Balaban J connectivity index is 2.69. The van der Waals surface area contributed by atoms with Gasteiger partial charge in [-0.3, -0.25) is 0 Å². The molecule has 1 saturated heterocycles. The molecule has 2 nitrogen and oxygen atoms in total. The zero-order chi connectivity index (χ0) is 7.07. The highest BCUT2D eigenvalue weighted by atomic mass is 32.2. The number of cyclic esters (lactones) is 1. The van der Waals surface area contributed by atoms with Crippen LogP contribution in [-0.4, -0.2) is 16.7 Å². The molecule has 1 aliphatic rings. The molecule has 1 rings (SSSR count). The van der Waals surface area contributed by atoms with Crippen LogP contribution < -0.4 is 0 Å². The summed E-state index contributed by atoms with van der Waals surface area (Å²) in [6.45, 7) is 0.966. The minimum Gasteiger partial charge on any atom is -0.418 e. The van der Waals surface area contributed by atoms with Crippen molar-refractivity contribution in [3.63, 3.8) is 0 Å². The van der Waals surface area contributed by atoms with Gasteiger partial charge < -0.3 is 4.74 Å². The van der Waals surface area contributed by atoms with E-state index in [2.05, 4.69) is 4.74 Å². The van der Waals surface area contributed by atoms with Gasteiger partial charge in [0.2, 0.25) is 5.00 Å². The largest absolute Gasteiger partial charge is 0.418 e. The van der Waals surface area contributed by atoms with Crippen LogP contribution in [0.2, 0.25) is 0 Å². The third-order valence-electron chi connectivity index (χ3n) is 0.888. The van der Waals surface area contributed by atoms with Gasteiger partial charge in [0.05, 0.1) is 0 Å². The Hall–Kier alpha value is -0.320. The smallest absolute Gasteiger partial charge is 0.373 e. The van der Waals surface area contributed by atoms with Crippen molar-refractivity contribution in [2.45, 2.75) is 18.3 Å². The molecule has 52 valence electrons. The van der Waals surface area contributed by atoms with Crippen LogP contribution in [-0.2, 0) is 4.74 Å². The number of rotatable bonds is 0. The monoisotopic (exact) mass is 154 g/mol. The number of thioether (sulfide) groups is 1. The van der Waals surface area contributed by atoms with Crippen LogP contribution in [0.3, 0.4) is 0 Å². The molecular formula is C4H4F2O2S. The first kappa shape index (κ1) is 6.80. The van der Waals surface area contributed by atoms with Crippen LogP contribution >= 0.6 is 11.8 Å². The van der Waals surface area contributed by atoms with Crippen molar-refractivity contribution in [1.29, 1.82) is 0 Å². The molecule has 0 amide bonds. The molecule has 0 spiro atoms. The van der Waals surface area contributed by atoms with E-state index in [0.717, 1.165) is 6.92 Å². The van der Waals surface area contributed by atoms with Crippen LogP contribution in [0.5, 0.6) is 0 Å². The molecule has 2 atom stereocenters. The minimum absolute atomic E-state index is 0.228. The maximum atomic E-state index is 12.5. The van der Waals surface area contributed by atoms with E-state index in [1.807, 2.05) is 0 Å². The molecule has 0 aliphatic carbocycles. The van der Waals surface area contributed by atoms with Crippen LogP contribution in [0.15, 0.2) is 0 Å². The SMILES string of the molecule is CC1(F)SC(=O)OC1F. The molecular weight excluding hydrogens is 150 g/mol. The Morgan fingerprint density at radius 2 is 2.44 bits per heavy atom. The van der Waals surface area contributed by atoms with Gasteiger partial charge in [-0.05, 0) is 6.92 Å². The van der Waals surface area contributed by atoms with Gasteiger partial charge in [-0.15, -0.1) is 0 Å². The van der Waals surface area contributed by atoms with E-state index in [0.29, 0.717) is 0 Å². The highest BCUT2D eigenvalue weighted by Gasteiger charge is 2.48. The average molecular weight is 154 g/mol. The summed E-state index contributed by atoms with van der Waals surface area (Å²) in [6, 6.07) is 0. The number of ether oxygens (including phenoxy) is 1. The van der Waals surface area contributed by atoms with E-state index in [1.54, 1.807) is 0 Å². The highest BCUT2D eigenvalue weighted by Crippen LogP contribution is 2.40. The zero-order valence-corrected chi connectivity index (χ0v) is 5.37. The summed E-state index contributed by atoms with van der Waals surface area (Å²) in [5.74, 6) is 0. The molecule has 0 aromatic rings. The van der Waals surface area contributed by atoms with Crippen LogP contribution in [0.1, 0.15) is 6.92 Å². The van der Waals surface area contributed by atoms with E-state index < -0.39 is 16.7 Å². The third kappa shape index (κ3) is 1.15. The summed E-state index contributed by atoms with van der Waals surface area (Å²) < 4.78 is 28.5. The van der Waals surface area contributed by atoms with E-state index in [1.165, 1.54) is 0 Å². The van der Waals surface area contributed by atoms with Crippen molar-refractivity contribution in [1.82, 2.24) is 0 Å². The molecule has 0 N–H and O–H groups in total. The predicted octanol–water partition coefficient (Wildman–Crippen LogP) is 1.85. The topological polar surface area (TPSA) is 26.3 Å². The van der Waals surface area contributed by atoms with Crippen LogP contribution in [0, 0.1) is 0 Å². The summed E-state index contributed by atoms with van der Waals surface area (Å²) in [7, 11) is 0. The lowest BCUT2D eigenvalue weighted by molar-refractivity contribution is -0.0246. The average Bonchev–Trinajstić information content (AvgIpc) is 1.79. The molecule has 5 heteroatoms. The molecule has 1 heterocycles. The minimum atomic E-state index is -2.20. The van der Waals surface area contributed by atoms with Gasteiger partial charge >= 0.3 is 5.30 Å². The normalized spacial score (nSPS) is 43.0. The van der Waals surface area contributed by atoms with Crippen molar-refractivity contribution in [2.24, 2.45) is 0 Å². The van der Waals surface area contributed by atoms with Gasteiger partial charge in [-0.1, -0.05) is 0 Å². The first-order valence-electron chi connectivity index (χ1n) is 2.25. The van der Waals surface area contributed by atoms with Crippen molar-refractivity contribution >= 4 is 17.1 Å². The fourth-order valence-corrected chi connectivity index (χ4v) is 1.02. The quantitative estimate of drug-likeness (QED) is 0.498. The van der Waals surface area contributed by atoms with E-state index in [4.69, 9.17) is 0 Å². The number of hydrogen-bond donors (Lipinski definition) is 0. The lowest BCUT2D eigenvalue weighted by Crippen LogP contribution is -2.22. The van der Waals surface area contributed by atoms with Gasteiger partial charge in [-0.25, -0.2) is 9.18 Å². The molecule has 1 aliphatic heterocycles. The molecule has 0 radical (unpaired) electrons. The zero-order valence-electron chi connectivity index (χ0n) is 4.56. The van der Waals surface area contributed by atoms with E-state index in [-0.39, 0.29) is 11.8 Å². The molecule has 0 saturated carbocycles. The number of carbonyl (C=O) groups excluding carboxylic acids is 1. The second-order valence-electron chi connectivity index (χ2n) is 1.77. The van der Waals surface area contributed by atoms with Gasteiger partial charge in [0.25, 0.3) is 6.36 Å². The molecule has 2 unspecified atom stereocenters. The highest BCUT2D eigenvalue weighted by molar-refractivity contribution is 8.14.